The van der Waals surface area contributed by atoms with Crippen molar-refractivity contribution < 1.29 is 9.21 Å². The number of carbonyl (C=O) groups is 1. The maximum Gasteiger partial charge on any atom is 0.336 e. The molecule has 2 aromatic heterocycles. The smallest absolute Gasteiger partial charge is 0.336 e. The van der Waals surface area contributed by atoms with Crippen LogP contribution in [0.5, 0.6) is 0 Å². The molecule has 1 N–H and O–H groups in total. The van der Waals surface area contributed by atoms with E-state index < -0.39 is 11.5 Å². The summed E-state index contributed by atoms with van der Waals surface area (Å²) in [5.41, 5.74) is 1.30. The van der Waals surface area contributed by atoms with Crippen LogP contribution in [0.2, 0.25) is 0 Å². The highest BCUT2D eigenvalue weighted by Gasteiger charge is 2.09. The van der Waals surface area contributed by atoms with E-state index in [-0.39, 0.29) is 11.1 Å². The van der Waals surface area contributed by atoms with E-state index in [1.807, 2.05) is 13.8 Å². The fourth-order valence-electron chi connectivity index (χ4n) is 2.52. The van der Waals surface area contributed by atoms with Crippen LogP contribution in [0.3, 0.4) is 0 Å². The van der Waals surface area contributed by atoms with E-state index in [1.54, 1.807) is 30.5 Å². The molecule has 122 valence electrons. The summed E-state index contributed by atoms with van der Waals surface area (Å²) in [5, 5.41) is 3.51. The Hall–Kier alpha value is -3.15. The summed E-state index contributed by atoms with van der Waals surface area (Å²) >= 11 is 0. The molecule has 1 amide bonds. The number of carbonyl (C=O) groups excluding carboxylic acids is 1. The van der Waals surface area contributed by atoms with Gasteiger partial charge in [0.15, 0.2) is 0 Å². The van der Waals surface area contributed by atoms with Crippen LogP contribution in [0.25, 0.3) is 11.0 Å². The van der Waals surface area contributed by atoms with Gasteiger partial charge >= 0.3 is 5.63 Å². The van der Waals surface area contributed by atoms with Crippen molar-refractivity contribution in [3.05, 3.63) is 74.5 Å². The van der Waals surface area contributed by atoms with Gasteiger partial charge in [-0.05, 0) is 37.6 Å². The first kappa shape index (κ1) is 15.7. The summed E-state index contributed by atoms with van der Waals surface area (Å²) in [6, 6.07) is 9.40. The molecule has 3 aromatic rings. The highest BCUT2D eigenvalue weighted by molar-refractivity contribution is 6.04. The second-order valence-electron chi connectivity index (χ2n) is 5.45. The Morgan fingerprint density at radius 3 is 2.67 bits per heavy atom. The summed E-state index contributed by atoms with van der Waals surface area (Å²) in [5.74, 6) is -0.398. The molecule has 0 atom stereocenters. The van der Waals surface area contributed by atoms with E-state index in [1.165, 1.54) is 16.7 Å². The number of nitrogens with zero attached hydrogens (tertiary/aromatic N) is 1. The van der Waals surface area contributed by atoms with E-state index in [4.69, 9.17) is 4.42 Å². The lowest BCUT2D eigenvalue weighted by Crippen LogP contribution is -2.21. The lowest BCUT2D eigenvalue weighted by atomic mass is 10.1. The lowest BCUT2D eigenvalue weighted by Gasteiger charge is -2.08. The van der Waals surface area contributed by atoms with E-state index in [0.717, 1.165) is 10.9 Å². The normalized spacial score (nSPS) is 10.8. The Balaban J connectivity index is 1.92. The number of aryl methyl sites for hydroxylation is 2. The Kier molecular flexibility index (Phi) is 4.04. The van der Waals surface area contributed by atoms with Gasteiger partial charge < -0.3 is 14.3 Å². The fraction of sp³-hybridized carbons (Fsp3) is 0.167. The second-order valence-corrected chi connectivity index (χ2v) is 5.45. The quantitative estimate of drug-likeness (QED) is 0.751. The van der Waals surface area contributed by atoms with Crippen LogP contribution in [0.1, 0.15) is 22.8 Å². The summed E-state index contributed by atoms with van der Waals surface area (Å²) < 4.78 is 6.66. The van der Waals surface area contributed by atoms with Crippen LogP contribution in [-0.2, 0) is 6.54 Å². The monoisotopic (exact) mass is 324 g/mol. The number of fused-ring (bicyclic) bond motifs is 1. The molecular formula is C18H16N2O4. The molecule has 0 aliphatic heterocycles. The number of hydrogen-bond acceptors (Lipinski definition) is 4. The maximum absolute atomic E-state index is 12.3. The van der Waals surface area contributed by atoms with Gasteiger partial charge in [0.25, 0.3) is 11.5 Å². The molecule has 2 heterocycles. The molecule has 6 heteroatoms. The molecule has 0 saturated heterocycles. The van der Waals surface area contributed by atoms with Crippen LogP contribution < -0.4 is 16.5 Å². The Labute approximate surface area is 137 Å². The van der Waals surface area contributed by atoms with E-state index in [2.05, 4.69) is 5.32 Å². The zero-order valence-electron chi connectivity index (χ0n) is 13.3. The molecule has 0 spiro atoms. The van der Waals surface area contributed by atoms with Crippen molar-refractivity contribution in [3.8, 4) is 0 Å². The SMILES string of the molecule is CCn1ccc(C(=O)Nc2ccc3c(C)cc(=O)oc3c2)cc1=O. The predicted molar refractivity (Wildman–Crippen MR) is 91.6 cm³/mol. The van der Waals surface area contributed by atoms with Crippen LogP contribution in [0.15, 0.2) is 56.6 Å². The summed E-state index contributed by atoms with van der Waals surface area (Å²) in [7, 11) is 0. The largest absolute Gasteiger partial charge is 0.423 e. The minimum atomic E-state index is -0.438. The molecule has 0 unspecified atom stereocenters. The Morgan fingerprint density at radius 1 is 1.17 bits per heavy atom. The number of benzene rings is 1. The van der Waals surface area contributed by atoms with Crippen molar-refractivity contribution in [2.75, 3.05) is 5.32 Å². The molecule has 3 rings (SSSR count). The average Bonchev–Trinajstić information content (AvgIpc) is 2.54. The zero-order valence-corrected chi connectivity index (χ0v) is 13.3. The van der Waals surface area contributed by atoms with Gasteiger partial charge in [-0.25, -0.2) is 4.79 Å². The van der Waals surface area contributed by atoms with E-state index in [0.29, 0.717) is 17.8 Å². The zero-order chi connectivity index (χ0) is 17.3. The van der Waals surface area contributed by atoms with Crippen molar-refractivity contribution in [1.29, 1.82) is 0 Å². The van der Waals surface area contributed by atoms with Crippen LogP contribution >= 0.6 is 0 Å². The van der Waals surface area contributed by atoms with Gasteiger partial charge in [0.2, 0.25) is 0 Å². The third-order valence-electron chi connectivity index (χ3n) is 3.81. The minimum Gasteiger partial charge on any atom is -0.423 e. The van der Waals surface area contributed by atoms with Crippen molar-refractivity contribution in [2.45, 2.75) is 20.4 Å². The first-order chi connectivity index (χ1) is 11.5. The third kappa shape index (κ3) is 2.99. The highest BCUT2D eigenvalue weighted by atomic mass is 16.4. The van der Waals surface area contributed by atoms with Crippen molar-refractivity contribution >= 4 is 22.6 Å². The number of aromatic nitrogens is 1. The average molecular weight is 324 g/mol. The first-order valence-corrected chi connectivity index (χ1v) is 7.54. The highest BCUT2D eigenvalue weighted by Crippen LogP contribution is 2.21. The van der Waals surface area contributed by atoms with Gasteiger partial charge in [-0.3, -0.25) is 9.59 Å². The van der Waals surface area contributed by atoms with Gasteiger partial charge in [-0.1, -0.05) is 0 Å². The lowest BCUT2D eigenvalue weighted by molar-refractivity contribution is 0.102. The molecule has 0 aliphatic carbocycles. The molecule has 0 fully saturated rings. The van der Waals surface area contributed by atoms with Gasteiger partial charge in [-0.15, -0.1) is 0 Å². The molecule has 0 aliphatic rings. The number of hydrogen-bond donors (Lipinski definition) is 1. The molecule has 1 aromatic carbocycles. The van der Waals surface area contributed by atoms with Crippen LogP contribution in [0.4, 0.5) is 5.69 Å². The molecule has 0 bridgehead atoms. The van der Waals surface area contributed by atoms with Gasteiger partial charge in [0.1, 0.15) is 5.58 Å². The standard InChI is InChI=1S/C18H16N2O4/c1-3-20-7-6-12(9-16(20)21)18(23)19-13-4-5-14-11(2)8-17(22)24-15(14)10-13/h4-10H,3H2,1-2H3,(H,19,23). The topological polar surface area (TPSA) is 81.3 Å². The fourth-order valence-corrected chi connectivity index (χ4v) is 2.52. The van der Waals surface area contributed by atoms with Gasteiger partial charge in [0.05, 0.1) is 0 Å². The number of amides is 1. The maximum atomic E-state index is 12.3. The van der Waals surface area contributed by atoms with Crippen molar-refractivity contribution in [1.82, 2.24) is 4.57 Å². The molecule has 0 saturated carbocycles. The van der Waals surface area contributed by atoms with Crippen molar-refractivity contribution in [2.24, 2.45) is 0 Å². The van der Waals surface area contributed by atoms with Crippen LogP contribution in [0, 0.1) is 6.92 Å². The summed E-state index contributed by atoms with van der Waals surface area (Å²) in [6.07, 6.45) is 1.58. The Bertz CT molecular complexity index is 1050. The first-order valence-electron chi connectivity index (χ1n) is 7.54. The van der Waals surface area contributed by atoms with Gasteiger partial charge in [-0.2, -0.15) is 0 Å². The molecule has 24 heavy (non-hydrogen) atoms. The predicted octanol–water partition coefficient (Wildman–Crippen LogP) is 2.54. The number of pyridine rings is 1. The summed E-state index contributed by atoms with van der Waals surface area (Å²) in [6.45, 7) is 4.22. The Morgan fingerprint density at radius 2 is 1.96 bits per heavy atom. The molecule has 0 radical (unpaired) electrons. The van der Waals surface area contributed by atoms with Crippen molar-refractivity contribution in [3.63, 3.8) is 0 Å². The third-order valence-corrected chi connectivity index (χ3v) is 3.81. The number of rotatable bonds is 3. The molecular weight excluding hydrogens is 308 g/mol. The molecule has 6 nitrogen and oxygen atoms in total. The van der Waals surface area contributed by atoms with Gasteiger partial charge in [0, 0.05) is 47.6 Å². The van der Waals surface area contributed by atoms with E-state index in [9.17, 15) is 14.4 Å². The van der Waals surface area contributed by atoms with Crippen LogP contribution in [-0.4, -0.2) is 10.5 Å². The van der Waals surface area contributed by atoms with E-state index >= 15 is 0 Å². The summed E-state index contributed by atoms with van der Waals surface area (Å²) in [4.78, 5) is 35.6. The minimum absolute atomic E-state index is 0.231. The number of nitrogens with one attached hydrogen (secondary N) is 1. The number of anilines is 1. The second kappa shape index (κ2) is 6.16.